The van der Waals surface area contributed by atoms with Crippen molar-refractivity contribution in [1.82, 2.24) is 19.5 Å². The SMILES string of the molecule is Cc1nc(N)ncc1-c1ccc2ncc3ccc(=O)n(-c4cccc(C(F)(F)F)c4)c3c2c1. The average Bonchev–Trinajstić information content (AvgIpc) is 2.78. The number of hydrogen-bond donors (Lipinski definition) is 1. The predicted molar refractivity (Wildman–Crippen MR) is 120 cm³/mol. The minimum Gasteiger partial charge on any atom is -0.368 e. The van der Waals surface area contributed by atoms with E-state index < -0.39 is 17.3 Å². The molecule has 0 saturated heterocycles. The van der Waals surface area contributed by atoms with Crippen LogP contribution in [0.1, 0.15) is 11.3 Å². The van der Waals surface area contributed by atoms with Crippen molar-refractivity contribution in [3.8, 4) is 16.8 Å². The third kappa shape index (κ3) is 3.57. The van der Waals surface area contributed by atoms with Gasteiger partial charge in [0.05, 0.1) is 22.3 Å². The van der Waals surface area contributed by atoms with Crippen LogP contribution in [0.5, 0.6) is 0 Å². The fourth-order valence-electron chi connectivity index (χ4n) is 3.92. The molecule has 0 amide bonds. The first-order valence-corrected chi connectivity index (χ1v) is 9.94. The van der Waals surface area contributed by atoms with Crippen molar-refractivity contribution in [2.45, 2.75) is 13.1 Å². The summed E-state index contributed by atoms with van der Waals surface area (Å²) in [6.45, 7) is 1.80. The molecule has 0 radical (unpaired) electrons. The second-order valence-corrected chi connectivity index (χ2v) is 7.58. The van der Waals surface area contributed by atoms with Crippen molar-refractivity contribution in [3.05, 3.63) is 88.6 Å². The third-order valence-electron chi connectivity index (χ3n) is 5.46. The molecule has 0 aliphatic carbocycles. The van der Waals surface area contributed by atoms with Crippen molar-refractivity contribution in [3.63, 3.8) is 0 Å². The molecule has 3 heterocycles. The van der Waals surface area contributed by atoms with Gasteiger partial charge in [0.25, 0.3) is 5.56 Å². The molecular weight excluding hydrogens is 431 g/mol. The Morgan fingerprint density at radius 3 is 2.55 bits per heavy atom. The van der Waals surface area contributed by atoms with E-state index in [2.05, 4.69) is 15.0 Å². The number of benzene rings is 2. The molecule has 33 heavy (non-hydrogen) atoms. The molecule has 0 aliphatic rings. The van der Waals surface area contributed by atoms with Gasteiger partial charge in [-0.2, -0.15) is 13.2 Å². The molecular formula is C24H16F3N5O. The summed E-state index contributed by atoms with van der Waals surface area (Å²) in [4.78, 5) is 25.6. The number of aryl methyl sites for hydroxylation is 1. The van der Waals surface area contributed by atoms with Crippen LogP contribution in [0.3, 0.4) is 0 Å². The zero-order valence-electron chi connectivity index (χ0n) is 17.3. The zero-order valence-corrected chi connectivity index (χ0v) is 17.3. The van der Waals surface area contributed by atoms with Crippen molar-refractivity contribution in [1.29, 1.82) is 0 Å². The minimum atomic E-state index is -4.53. The molecule has 2 aromatic carbocycles. The highest BCUT2D eigenvalue weighted by atomic mass is 19.4. The maximum atomic E-state index is 13.3. The number of alkyl halides is 3. The lowest BCUT2D eigenvalue weighted by Crippen LogP contribution is -2.18. The second-order valence-electron chi connectivity index (χ2n) is 7.58. The number of halogens is 3. The number of pyridine rings is 2. The summed E-state index contributed by atoms with van der Waals surface area (Å²) in [5, 5.41) is 1.22. The van der Waals surface area contributed by atoms with Crippen molar-refractivity contribution in [2.24, 2.45) is 0 Å². The van der Waals surface area contributed by atoms with E-state index in [1.165, 1.54) is 22.8 Å². The van der Waals surface area contributed by atoms with Gasteiger partial charge in [0, 0.05) is 40.5 Å². The van der Waals surface area contributed by atoms with Crippen LogP contribution in [0.2, 0.25) is 0 Å². The van der Waals surface area contributed by atoms with Crippen LogP contribution in [0.25, 0.3) is 38.6 Å². The van der Waals surface area contributed by atoms with Gasteiger partial charge in [-0.3, -0.25) is 14.3 Å². The third-order valence-corrected chi connectivity index (χ3v) is 5.46. The number of nitrogens with two attached hydrogens (primary N) is 1. The number of nitrogen functional groups attached to an aromatic ring is 1. The van der Waals surface area contributed by atoms with Gasteiger partial charge in [-0.05, 0) is 48.9 Å². The van der Waals surface area contributed by atoms with E-state index >= 15 is 0 Å². The minimum absolute atomic E-state index is 0.116. The van der Waals surface area contributed by atoms with E-state index in [1.807, 2.05) is 12.1 Å². The summed E-state index contributed by atoms with van der Waals surface area (Å²) in [5.41, 5.74) is 7.72. The lowest BCUT2D eigenvalue weighted by atomic mass is 10.0. The maximum absolute atomic E-state index is 13.3. The Morgan fingerprint density at radius 2 is 1.79 bits per heavy atom. The summed E-state index contributed by atoms with van der Waals surface area (Å²) in [6.07, 6.45) is -1.33. The first-order valence-electron chi connectivity index (χ1n) is 9.94. The monoisotopic (exact) mass is 447 g/mol. The quantitative estimate of drug-likeness (QED) is 0.389. The van der Waals surface area contributed by atoms with E-state index in [4.69, 9.17) is 5.73 Å². The van der Waals surface area contributed by atoms with Crippen LogP contribution in [0.15, 0.2) is 71.8 Å². The summed E-state index contributed by atoms with van der Waals surface area (Å²) in [7, 11) is 0. The fraction of sp³-hybridized carbons (Fsp3) is 0.0833. The van der Waals surface area contributed by atoms with E-state index in [0.29, 0.717) is 27.5 Å². The lowest BCUT2D eigenvalue weighted by molar-refractivity contribution is -0.137. The Hall–Kier alpha value is -4.27. The van der Waals surface area contributed by atoms with Crippen LogP contribution in [-0.4, -0.2) is 19.5 Å². The van der Waals surface area contributed by atoms with E-state index in [1.54, 1.807) is 31.5 Å². The highest BCUT2D eigenvalue weighted by Crippen LogP contribution is 2.33. The molecule has 0 atom stereocenters. The molecule has 0 saturated carbocycles. The molecule has 0 fully saturated rings. The number of nitrogens with zero attached hydrogens (tertiary/aromatic N) is 4. The van der Waals surface area contributed by atoms with Gasteiger partial charge in [-0.1, -0.05) is 12.1 Å². The van der Waals surface area contributed by atoms with Gasteiger partial charge in [0.2, 0.25) is 5.95 Å². The maximum Gasteiger partial charge on any atom is 0.416 e. The molecule has 6 nitrogen and oxygen atoms in total. The smallest absolute Gasteiger partial charge is 0.368 e. The first-order chi connectivity index (χ1) is 15.7. The number of rotatable bonds is 2. The molecule has 2 N–H and O–H groups in total. The number of fused-ring (bicyclic) bond motifs is 3. The van der Waals surface area contributed by atoms with Gasteiger partial charge in [0.15, 0.2) is 0 Å². The first kappa shape index (κ1) is 20.6. The van der Waals surface area contributed by atoms with Crippen LogP contribution in [-0.2, 0) is 6.18 Å². The van der Waals surface area contributed by atoms with Gasteiger partial charge in [-0.15, -0.1) is 0 Å². The normalized spacial score (nSPS) is 11.9. The van der Waals surface area contributed by atoms with Gasteiger partial charge < -0.3 is 5.73 Å². The Labute approximate surface area is 185 Å². The molecule has 0 aliphatic heterocycles. The van der Waals surface area contributed by atoms with Crippen LogP contribution in [0.4, 0.5) is 19.1 Å². The molecule has 9 heteroatoms. The molecule has 0 unspecified atom stereocenters. The van der Waals surface area contributed by atoms with Crippen molar-refractivity contribution in [2.75, 3.05) is 5.73 Å². The van der Waals surface area contributed by atoms with Gasteiger partial charge in [0.1, 0.15) is 0 Å². The topological polar surface area (TPSA) is 86.7 Å². The van der Waals surface area contributed by atoms with Crippen molar-refractivity contribution >= 4 is 27.8 Å². The van der Waals surface area contributed by atoms with Crippen LogP contribution >= 0.6 is 0 Å². The molecule has 3 aromatic heterocycles. The summed E-state index contributed by atoms with van der Waals surface area (Å²) >= 11 is 0. The Bertz CT molecular complexity index is 1610. The van der Waals surface area contributed by atoms with E-state index in [9.17, 15) is 18.0 Å². The molecule has 5 aromatic rings. The number of aromatic nitrogens is 4. The summed E-state index contributed by atoms with van der Waals surface area (Å²) < 4.78 is 41.3. The standard InChI is InChI=1S/C24H16F3N5O/c1-13-19(12-30-23(28)31-13)14-5-7-20-18(9-14)22-15(11-29-20)6-8-21(33)32(22)17-4-2-3-16(10-17)24(25,26)27/h2-12H,1H3,(H2,28,30,31). The molecule has 5 rings (SSSR count). The Balaban J connectivity index is 1.85. The van der Waals surface area contributed by atoms with E-state index in [-0.39, 0.29) is 11.6 Å². The average molecular weight is 447 g/mol. The highest BCUT2D eigenvalue weighted by Gasteiger charge is 2.30. The van der Waals surface area contributed by atoms with Crippen molar-refractivity contribution < 1.29 is 13.2 Å². The summed E-state index contributed by atoms with van der Waals surface area (Å²) in [5.74, 6) is 0.155. The molecule has 0 spiro atoms. The lowest BCUT2D eigenvalue weighted by Gasteiger charge is -2.15. The Morgan fingerprint density at radius 1 is 0.970 bits per heavy atom. The fourth-order valence-corrected chi connectivity index (χ4v) is 3.92. The molecule has 0 bridgehead atoms. The number of anilines is 1. The second kappa shape index (κ2) is 7.40. The summed E-state index contributed by atoms with van der Waals surface area (Å²) in [6, 6.07) is 13.1. The molecule has 164 valence electrons. The van der Waals surface area contributed by atoms with E-state index in [0.717, 1.165) is 23.3 Å². The predicted octanol–water partition coefficient (Wildman–Crippen LogP) is 4.91. The number of hydrogen-bond acceptors (Lipinski definition) is 5. The van der Waals surface area contributed by atoms with Crippen LogP contribution in [0, 0.1) is 6.92 Å². The van der Waals surface area contributed by atoms with Gasteiger partial charge >= 0.3 is 6.18 Å². The highest BCUT2D eigenvalue weighted by molar-refractivity contribution is 6.05. The largest absolute Gasteiger partial charge is 0.416 e. The zero-order chi connectivity index (χ0) is 23.3. The Kier molecular flexibility index (Phi) is 4.63. The van der Waals surface area contributed by atoms with Gasteiger partial charge in [-0.25, -0.2) is 9.97 Å². The van der Waals surface area contributed by atoms with Crippen LogP contribution < -0.4 is 11.3 Å².